The number of nitro benzene ring substituents is 1. The first-order valence-corrected chi connectivity index (χ1v) is 11.0. The maximum absolute atomic E-state index is 12.9. The fourth-order valence-corrected chi connectivity index (χ4v) is 5.43. The van der Waals surface area contributed by atoms with E-state index in [1.165, 1.54) is 22.5 Å². The van der Waals surface area contributed by atoms with E-state index in [4.69, 9.17) is 0 Å². The molecule has 0 spiro atoms. The summed E-state index contributed by atoms with van der Waals surface area (Å²) >= 11 is 0. The zero-order valence-electron chi connectivity index (χ0n) is 16.1. The van der Waals surface area contributed by atoms with E-state index in [-0.39, 0.29) is 10.6 Å². The van der Waals surface area contributed by atoms with Gasteiger partial charge in [0.25, 0.3) is 5.69 Å². The fourth-order valence-electron chi connectivity index (χ4n) is 3.92. The normalized spacial score (nSPS) is 16.3. The number of hydrogen-bond donors (Lipinski definition) is 0. The van der Waals surface area contributed by atoms with Gasteiger partial charge in [-0.3, -0.25) is 10.1 Å². The van der Waals surface area contributed by atoms with E-state index < -0.39 is 14.9 Å². The third-order valence-electron chi connectivity index (χ3n) is 5.53. The molecule has 9 heteroatoms. The molecule has 0 saturated carbocycles. The molecule has 0 amide bonds. The number of rotatable bonds is 5. The van der Waals surface area contributed by atoms with Gasteiger partial charge in [-0.15, -0.1) is 0 Å². The molecule has 0 radical (unpaired) electrons. The number of benzene rings is 2. The lowest BCUT2D eigenvalue weighted by Gasteiger charge is -2.31. The molecule has 1 aliphatic rings. The van der Waals surface area contributed by atoms with Crippen molar-refractivity contribution < 1.29 is 13.3 Å². The van der Waals surface area contributed by atoms with Crippen molar-refractivity contribution in [3.63, 3.8) is 0 Å². The standard InChI is InChI=1S/C20H22N4O4S/c1-15-21-19-7-2-3-8-20(19)23(15)14-16-9-11-22(12-10-16)29(27,28)18-6-4-5-17(13-18)24(25)26/h2-8,13,16H,9-12,14H2,1H3. The summed E-state index contributed by atoms with van der Waals surface area (Å²) in [5.74, 6) is 1.31. The SMILES string of the molecule is Cc1nc2ccccc2n1CC1CCN(S(=O)(=O)c2cccc([N+](=O)[O-])c2)CC1. The van der Waals surface area contributed by atoms with Crippen molar-refractivity contribution in [3.8, 4) is 0 Å². The number of aromatic nitrogens is 2. The molecule has 2 aromatic carbocycles. The second-order valence-corrected chi connectivity index (χ2v) is 9.30. The predicted octanol–water partition coefficient (Wildman–Crippen LogP) is 3.35. The summed E-state index contributed by atoms with van der Waals surface area (Å²) < 4.78 is 29.4. The Balaban J connectivity index is 1.47. The van der Waals surface area contributed by atoms with Crippen molar-refractivity contribution >= 4 is 26.7 Å². The van der Waals surface area contributed by atoms with Crippen LogP contribution in [0.3, 0.4) is 0 Å². The number of para-hydroxylation sites is 2. The van der Waals surface area contributed by atoms with Gasteiger partial charge in [0.15, 0.2) is 0 Å². The van der Waals surface area contributed by atoms with E-state index in [0.717, 1.165) is 42.3 Å². The van der Waals surface area contributed by atoms with Crippen LogP contribution in [-0.2, 0) is 16.6 Å². The molecular formula is C20H22N4O4S. The van der Waals surface area contributed by atoms with E-state index in [1.54, 1.807) is 0 Å². The van der Waals surface area contributed by atoms with Gasteiger partial charge in [0.2, 0.25) is 10.0 Å². The Morgan fingerprint density at radius 1 is 1.14 bits per heavy atom. The highest BCUT2D eigenvalue weighted by molar-refractivity contribution is 7.89. The largest absolute Gasteiger partial charge is 0.328 e. The minimum atomic E-state index is -3.74. The number of nitrogens with zero attached hydrogens (tertiary/aromatic N) is 4. The molecule has 8 nitrogen and oxygen atoms in total. The Morgan fingerprint density at radius 2 is 1.86 bits per heavy atom. The van der Waals surface area contributed by atoms with Gasteiger partial charge >= 0.3 is 0 Å². The van der Waals surface area contributed by atoms with E-state index >= 15 is 0 Å². The summed E-state index contributed by atoms with van der Waals surface area (Å²) in [5, 5.41) is 11.0. The predicted molar refractivity (Wildman–Crippen MR) is 109 cm³/mol. The number of fused-ring (bicyclic) bond motifs is 1. The highest BCUT2D eigenvalue weighted by atomic mass is 32.2. The van der Waals surface area contributed by atoms with Gasteiger partial charge in [-0.2, -0.15) is 4.31 Å². The van der Waals surface area contributed by atoms with Crippen molar-refractivity contribution in [2.24, 2.45) is 5.92 Å². The van der Waals surface area contributed by atoms with E-state index in [2.05, 4.69) is 15.6 Å². The number of imidazole rings is 1. The van der Waals surface area contributed by atoms with E-state index in [0.29, 0.717) is 19.0 Å². The molecular weight excluding hydrogens is 392 g/mol. The van der Waals surface area contributed by atoms with Crippen molar-refractivity contribution in [1.82, 2.24) is 13.9 Å². The molecule has 1 fully saturated rings. The van der Waals surface area contributed by atoms with Gasteiger partial charge in [-0.25, -0.2) is 13.4 Å². The topological polar surface area (TPSA) is 98.3 Å². The van der Waals surface area contributed by atoms with Crippen LogP contribution in [0.1, 0.15) is 18.7 Å². The van der Waals surface area contributed by atoms with Crippen LogP contribution in [-0.4, -0.2) is 40.3 Å². The van der Waals surface area contributed by atoms with Crippen LogP contribution in [0.4, 0.5) is 5.69 Å². The van der Waals surface area contributed by atoms with Gasteiger partial charge in [0.05, 0.1) is 20.9 Å². The highest BCUT2D eigenvalue weighted by Gasteiger charge is 2.30. The Morgan fingerprint density at radius 3 is 2.59 bits per heavy atom. The zero-order valence-corrected chi connectivity index (χ0v) is 16.9. The summed E-state index contributed by atoms with van der Waals surface area (Å²) in [7, 11) is -3.74. The lowest BCUT2D eigenvalue weighted by atomic mass is 9.98. The molecule has 1 aliphatic heterocycles. The monoisotopic (exact) mass is 414 g/mol. The summed E-state index contributed by atoms with van der Waals surface area (Å²) in [6.45, 7) is 3.60. The summed E-state index contributed by atoms with van der Waals surface area (Å²) in [4.78, 5) is 15.0. The first-order chi connectivity index (χ1) is 13.9. The Bertz CT molecular complexity index is 1160. The van der Waals surface area contributed by atoms with Crippen LogP contribution < -0.4 is 0 Å². The number of nitro groups is 1. The van der Waals surface area contributed by atoms with E-state index in [9.17, 15) is 18.5 Å². The first-order valence-electron chi connectivity index (χ1n) is 9.53. The van der Waals surface area contributed by atoms with Gasteiger partial charge < -0.3 is 4.57 Å². The van der Waals surface area contributed by atoms with Crippen LogP contribution in [0, 0.1) is 23.0 Å². The Labute approximate surface area is 169 Å². The van der Waals surface area contributed by atoms with Gasteiger partial charge in [0.1, 0.15) is 5.82 Å². The third-order valence-corrected chi connectivity index (χ3v) is 7.42. The fraction of sp³-hybridized carbons (Fsp3) is 0.350. The average Bonchev–Trinajstić information content (AvgIpc) is 3.04. The van der Waals surface area contributed by atoms with Crippen LogP contribution in [0.15, 0.2) is 53.4 Å². The number of aryl methyl sites for hydroxylation is 1. The van der Waals surface area contributed by atoms with Crippen molar-refractivity contribution in [2.75, 3.05) is 13.1 Å². The highest BCUT2D eigenvalue weighted by Crippen LogP contribution is 2.28. The molecule has 2 heterocycles. The lowest BCUT2D eigenvalue weighted by Crippen LogP contribution is -2.39. The number of piperidine rings is 1. The second-order valence-electron chi connectivity index (χ2n) is 7.36. The van der Waals surface area contributed by atoms with Crippen LogP contribution >= 0.6 is 0 Å². The number of non-ortho nitro benzene ring substituents is 1. The van der Waals surface area contributed by atoms with E-state index in [1.807, 2.05) is 25.1 Å². The van der Waals surface area contributed by atoms with Crippen molar-refractivity contribution in [2.45, 2.75) is 31.2 Å². The quantitative estimate of drug-likeness (QED) is 0.471. The van der Waals surface area contributed by atoms with Gasteiger partial charge in [0, 0.05) is 31.8 Å². The first kappa shape index (κ1) is 19.5. The minimum Gasteiger partial charge on any atom is -0.328 e. The van der Waals surface area contributed by atoms with Crippen LogP contribution in [0.5, 0.6) is 0 Å². The summed E-state index contributed by atoms with van der Waals surface area (Å²) in [6.07, 6.45) is 1.47. The molecule has 0 unspecified atom stereocenters. The minimum absolute atomic E-state index is 0.0263. The molecule has 3 aromatic rings. The van der Waals surface area contributed by atoms with Crippen molar-refractivity contribution in [1.29, 1.82) is 0 Å². The molecule has 1 saturated heterocycles. The Kier molecular flexibility index (Phi) is 5.10. The lowest BCUT2D eigenvalue weighted by molar-refractivity contribution is -0.385. The third kappa shape index (κ3) is 3.75. The number of sulfonamides is 1. The molecule has 0 atom stereocenters. The second kappa shape index (κ2) is 7.57. The van der Waals surface area contributed by atoms with Gasteiger partial charge in [-0.05, 0) is 43.9 Å². The van der Waals surface area contributed by atoms with Crippen LogP contribution in [0.2, 0.25) is 0 Å². The maximum Gasteiger partial charge on any atom is 0.270 e. The molecule has 4 rings (SSSR count). The molecule has 0 N–H and O–H groups in total. The zero-order chi connectivity index (χ0) is 20.6. The Hall–Kier alpha value is -2.78. The number of hydrogen-bond acceptors (Lipinski definition) is 5. The maximum atomic E-state index is 12.9. The van der Waals surface area contributed by atoms with Gasteiger partial charge in [-0.1, -0.05) is 18.2 Å². The molecule has 29 heavy (non-hydrogen) atoms. The molecule has 152 valence electrons. The summed E-state index contributed by atoms with van der Waals surface area (Å²) in [6, 6.07) is 13.3. The summed E-state index contributed by atoms with van der Waals surface area (Å²) in [5.41, 5.74) is 1.84. The molecule has 1 aromatic heterocycles. The van der Waals surface area contributed by atoms with Crippen molar-refractivity contribution in [3.05, 3.63) is 64.5 Å². The smallest absolute Gasteiger partial charge is 0.270 e. The molecule has 0 bridgehead atoms. The molecule has 0 aliphatic carbocycles. The average molecular weight is 414 g/mol. The van der Waals surface area contributed by atoms with Crippen LogP contribution in [0.25, 0.3) is 11.0 Å².